The lowest BCUT2D eigenvalue weighted by molar-refractivity contribution is -0.117. The van der Waals surface area contributed by atoms with E-state index in [1.54, 1.807) is 0 Å². The third kappa shape index (κ3) is 2.27. The van der Waals surface area contributed by atoms with Crippen molar-refractivity contribution in [3.63, 3.8) is 0 Å². The number of aldehydes is 1. The van der Waals surface area contributed by atoms with Crippen LogP contribution in [0.15, 0.2) is 0 Å². The van der Waals surface area contributed by atoms with Crippen molar-refractivity contribution in [2.75, 3.05) is 0 Å². The van der Waals surface area contributed by atoms with Crippen LogP contribution in [0, 0.1) is 5.92 Å². The minimum absolute atomic E-state index is 0.108. The molecule has 3 heteroatoms. The molecule has 3 N–H and O–H groups in total. The maximum atomic E-state index is 10.2. The Morgan fingerprint density at radius 2 is 2.27 bits per heavy atom. The van der Waals surface area contributed by atoms with Gasteiger partial charge in [-0.2, -0.15) is 0 Å². The van der Waals surface area contributed by atoms with E-state index in [9.17, 15) is 9.90 Å². The summed E-state index contributed by atoms with van der Waals surface area (Å²) in [5.41, 5.74) is 5.69. The summed E-state index contributed by atoms with van der Waals surface area (Å²) in [7, 11) is 0. The number of rotatable bonds is 2. The fourth-order valence-corrected chi connectivity index (χ4v) is 1.69. The largest absolute Gasteiger partial charge is 0.385 e. The molecular formula is C8H15NO2. The van der Waals surface area contributed by atoms with Gasteiger partial charge in [0.15, 0.2) is 0 Å². The van der Waals surface area contributed by atoms with Crippen LogP contribution in [0.3, 0.4) is 0 Å². The topological polar surface area (TPSA) is 63.3 Å². The van der Waals surface area contributed by atoms with Gasteiger partial charge < -0.3 is 15.6 Å². The van der Waals surface area contributed by atoms with E-state index in [4.69, 9.17) is 5.73 Å². The van der Waals surface area contributed by atoms with Gasteiger partial charge >= 0.3 is 0 Å². The summed E-state index contributed by atoms with van der Waals surface area (Å²) in [5.74, 6) is 0.108. The van der Waals surface area contributed by atoms with E-state index < -0.39 is 6.10 Å². The van der Waals surface area contributed by atoms with E-state index in [-0.39, 0.29) is 12.0 Å². The molecule has 3 nitrogen and oxygen atoms in total. The van der Waals surface area contributed by atoms with Crippen molar-refractivity contribution in [2.24, 2.45) is 11.7 Å². The Labute approximate surface area is 66.6 Å². The highest BCUT2D eigenvalue weighted by Crippen LogP contribution is 2.24. The zero-order valence-corrected chi connectivity index (χ0v) is 6.57. The van der Waals surface area contributed by atoms with Crippen LogP contribution < -0.4 is 5.73 Å². The van der Waals surface area contributed by atoms with E-state index in [2.05, 4.69) is 0 Å². The summed E-state index contributed by atoms with van der Waals surface area (Å²) in [6.07, 6.45) is 3.62. The van der Waals surface area contributed by atoms with Crippen molar-refractivity contribution < 1.29 is 9.90 Å². The first-order valence-electron chi connectivity index (χ1n) is 4.13. The zero-order valence-electron chi connectivity index (χ0n) is 6.57. The molecule has 1 rings (SSSR count). The SMILES string of the molecule is NC1CCCC(C(O)C=O)C1. The van der Waals surface area contributed by atoms with Crippen LogP contribution in [0.1, 0.15) is 25.7 Å². The normalized spacial score (nSPS) is 34.7. The van der Waals surface area contributed by atoms with Crippen LogP contribution in [-0.2, 0) is 4.79 Å². The molecule has 0 amide bonds. The molecule has 3 unspecified atom stereocenters. The Morgan fingerprint density at radius 3 is 2.82 bits per heavy atom. The van der Waals surface area contributed by atoms with E-state index >= 15 is 0 Å². The van der Waals surface area contributed by atoms with Gasteiger partial charge in [-0.15, -0.1) is 0 Å². The molecule has 11 heavy (non-hydrogen) atoms. The standard InChI is InChI=1S/C8H15NO2/c9-7-3-1-2-6(4-7)8(11)5-10/h5-8,11H,1-4,9H2. The minimum atomic E-state index is -0.790. The van der Waals surface area contributed by atoms with Gasteiger partial charge in [-0.25, -0.2) is 0 Å². The molecule has 0 saturated heterocycles. The van der Waals surface area contributed by atoms with Crippen LogP contribution in [0.5, 0.6) is 0 Å². The first-order valence-corrected chi connectivity index (χ1v) is 4.13. The second-order valence-electron chi connectivity index (χ2n) is 3.31. The molecule has 1 aliphatic carbocycles. The highest BCUT2D eigenvalue weighted by molar-refractivity contribution is 5.56. The first-order chi connectivity index (χ1) is 5.24. The molecule has 64 valence electrons. The lowest BCUT2D eigenvalue weighted by Gasteiger charge is -2.27. The van der Waals surface area contributed by atoms with Gasteiger partial charge in [0.25, 0.3) is 0 Å². The highest BCUT2D eigenvalue weighted by atomic mass is 16.3. The molecule has 0 heterocycles. The zero-order chi connectivity index (χ0) is 8.27. The Bertz CT molecular complexity index is 138. The molecule has 0 spiro atoms. The average molecular weight is 157 g/mol. The summed E-state index contributed by atoms with van der Waals surface area (Å²) < 4.78 is 0. The quantitative estimate of drug-likeness (QED) is 0.557. The maximum Gasteiger partial charge on any atom is 0.148 e. The van der Waals surface area contributed by atoms with Crippen molar-refractivity contribution in [1.29, 1.82) is 0 Å². The van der Waals surface area contributed by atoms with Gasteiger partial charge in [0.1, 0.15) is 12.4 Å². The van der Waals surface area contributed by atoms with E-state index in [0.29, 0.717) is 6.29 Å². The maximum absolute atomic E-state index is 10.2. The fourth-order valence-electron chi connectivity index (χ4n) is 1.69. The van der Waals surface area contributed by atoms with Crippen molar-refractivity contribution in [3.05, 3.63) is 0 Å². The van der Waals surface area contributed by atoms with Crippen LogP contribution in [-0.4, -0.2) is 23.5 Å². The van der Waals surface area contributed by atoms with Gasteiger partial charge in [-0.05, 0) is 25.2 Å². The third-order valence-corrected chi connectivity index (χ3v) is 2.38. The Balaban J connectivity index is 2.38. The molecule has 0 aromatic rings. The highest BCUT2D eigenvalue weighted by Gasteiger charge is 2.24. The summed E-state index contributed by atoms with van der Waals surface area (Å²) in [5, 5.41) is 9.18. The fraction of sp³-hybridized carbons (Fsp3) is 0.875. The molecule has 1 aliphatic rings. The van der Waals surface area contributed by atoms with Crippen molar-refractivity contribution in [2.45, 2.75) is 37.8 Å². The van der Waals surface area contributed by atoms with E-state index in [1.807, 2.05) is 0 Å². The van der Waals surface area contributed by atoms with Gasteiger partial charge in [-0.3, -0.25) is 0 Å². The van der Waals surface area contributed by atoms with Crippen molar-refractivity contribution in [1.82, 2.24) is 0 Å². The third-order valence-electron chi connectivity index (χ3n) is 2.38. The van der Waals surface area contributed by atoms with Gasteiger partial charge in [0, 0.05) is 6.04 Å². The van der Waals surface area contributed by atoms with Gasteiger partial charge in [0.2, 0.25) is 0 Å². The van der Waals surface area contributed by atoms with Crippen LogP contribution in [0.4, 0.5) is 0 Å². The number of hydrogen-bond acceptors (Lipinski definition) is 3. The second-order valence-corrected chi connectivity index (χ2v) is 3.31. The molecule has 0 aliphatic heterocycles. The van der Waals surface area contributed by atoms with E-state index in [1.165, 1.54) is 0 Å². The van der Waals surface area contributed by atoms with Gasteiger partial charge in [-0.1, -0.05) is 6.42 Å². The lowest BCUT2D eigenvalue weighted by atomic mass is 9.83. The Hall–Kier alpha value is -0.410. The first kappa shape index (κ1) is 8.68. The second kappa shape index (κ2) is 3.83. The van der Waals surface area contributed by atoms with E-state index in [0.717, 1.165) is 25.7 Å². The van der Waals surface area contributed by atoms with Crippen molar-refractivity contribution in [3.8, 4) is 0 Å². The Morgan fingerprint density at radius 1 is 1.55 bits per heavy atom. The monoisotopic (exact) mass is 157 g/mol. The molecule has 1 saturated carbocycles. The molecule has 0 bridgehead atoms. The number of nitrogens with two attached hydrogens (primary N) is 1. The molecule has 0 aromatic heterocycles. The average Bonchev–Trinajstić information content (AvgIpc) is 2.03. The van der Waals surface area contributed by atoms with Gasteiger partial charge in [0.05, 0.1) is 0 Å². The Kier molecular flexibility index (Phi) is 3.02. The molecule has 0 radical (unpaired) electrons. The summed E-state index contributed by atoms with van der Waals surface area (Å²) in [4.78, 5) is 10.2. The number of hydrogen-bond donors (Lipinski definition) is 2. The predicted octanol–water partition coefficient (Wildman–Crippen LogP) is 0.0637. The lowest BCUT2D eigenvalue weighted by Crippen LogP contribution is -2.34. The molecular weight excluding hydrogens is 142 g/mol. The summed E-state index contributed by atoms with van der Waals surface area (Å²) in [6.45, 7) is 0. The van der Waals surface area contributed by atoms with Crippen LogP contribution >= 0.6 is 0 Å². The minimum Gasteiger partial charge on any atom is -0.385 e. The summed E-state index contributed by atoms with van der Waals surface area (Å²) in [6, 6.07) is 0.184. The molecule has 0 aromatic carbocycles. The van der Waals surface area contributed by atoms with Crippen molar-refractivity contribution >= 4 is 6.29 Å². The number of carbonyl (C=O) groups is 1. The number of aliphatic hydroxyl groups excluding tert-OH is 1. The summed E-state index contributed by atoms with van der Waals surface area (Å²) >= 11 is 0. The number of carbonyl (C=O) groups excluding carboxylic acids is 1. The molecule has 3 atom stereocenters. The van der Waals surface area contributed by atoms with Crippen LogP contribution in [0.2, 0.25) is 0 Å². The predicted molar refractivity (Wildman–Crippen MR) is 42.0 cm³/mol. The van der Waals surface area contributed by atoms with Crippen LogP contribution in [0.25, 0.3) is 0 Å². The molecule has 1 fully saturated rings. The number of aliphatic hydroxyl groups is 1. The smallest absolute Gasteiger partial charge is 0.148 e.